The summed E-state index contributed by atoms with van der Waals surface area (Å²) in [6, 6.07) is 13.7. The fourth-order valence-electron chi connectivity index (χ4n) is 2.64. The third-order valence-electron chi connectivity index (χ3n) is 4.11. The molecule has 0 spiro atoms. The van der Waals surface area contributed by atoms with Crippen molar-refractivity contribution >= 4 is 11.7 Å². The zero-order valence-electron chi connectivity index (χ0n) is 15.4. The van der Waals surface area contributed by atoms with Crippen LogP contribution < -0.4 is 14.8 Å². The van der Waals surface area contributed by atoms with E-state index in [0.29, 0.717) is 29.4 Å². The van der Waals surface area contributed by atoms with E-state index in [2.05, 4.69) is 5.32 Å². The van der Waals surface area contributed by atoms with Crippen LogP contribution in [0.3, 0.4) is 0 Å². The summed E-state index contributed by atoms with van der Waals surface area (Å²) in [6.45, 7) is 0.732. The van der Waals surface area contributed by atoms with Gasteiger partial charge in [-0.05, 0) is 42.0 Å². The summed E-state index contributed by atoms with van der Waals surface area (Å²) in [7, 11) is 1.58. The monoisotopic (exact) mass is 383 g/mol. The summed E-state index contributed by atoms with van der Waals surface area (Å²) in [5.74, 6) is 1.39. The van der Waals surface area contributed by atoms with Crippen molar-refractivity contribution < 1.29 is 24.1 Å². The normalized spacial score (nSPS) is 12.9. The lowest BCUT2D eigenvalue weighted by Gasteiger charge is -2.21. The van der Waals surface area contributed by atoms with E-state index in [1.807, 2.05) is 24.3 Å². The highest BCUT2D eigenvalue weighted by Crippen LogP contribution is 2.32. The Labute approximate surface area is 162 Å². The molecule has 1 unspecified atom stereocenters. The van der Waals surface area contributed by atoms with Crippen LogP contribution in [0.5, 0.6) is 11.5 Å². The van der Waals surface area contributed by atoms with Gasteiger partial charge in [-0.3, -0.25) is 0 Å². The topological polar surface area (TPSA) is 104 Å². The molecule has 0 saturated heterocycles. The number of hydrogen-bond acceptors (Lipinski definition) is 6. The van der Waals surface area contributed by atoms with E-state index in [1.165, 1.54) is 4.90 Å². The van der Waals surface area contributed by atoms with Crippen molar-refractivity contribution in [1.82, 2.24) is 4.90 Å². The average molecular weight is 383 g/mol. The molecule has 8 heteroatoms. The molecule has 1 heterocycles. The predicted molar refractivity (Wildman–Crippen MR) is 101 cm³/mol. The Morgan fingerprint density at radius 2 is 2.04 bits per heavy atom. The van der Waals surface area contributed by atoms with Crippen LogP contribution >= 0.6 is 0 Å². The van der Waals surface area contributed by atoms with Gasteiger partial charge in [-0.25, -0.2) is 4.79 Å². The highest BCUT2D eigenvalue weighted by atomic mass is 16.7. The maximum Gasteiger partial charge on any atom is 0.321 e. The van der Waals surface area contributed by atoms with Crippen LogP contribution in [0.1, 0.15) is 11.1 Å². The first kappa shape index (κ1) is 19.5. The van der Waals surface area contributed by atoms with Gasteiger partial charge in [-0.15, -0.1) is 0 Å². The van der Waals surface area contributed by atoms with Crippen LogP contribution in [0.4, 0.5) is 10.5 Å². The molecule has 1 atom stereocenters. The van der Waals surface area contributed by atoms with Crippen LogP contribution in [-0.4, -0.2) is 49.1 Å². The molecule has 2 aromatic carbocycles. The smallest absolute Gasteiger partial charge is 0.321 e. The quantitative estimate of drug-likeness (QED) is 0.760. The molecule has 2 amide bonds. The van der Waals surface area contributed by atoms with E-state index < -0.39 is 6.10 Å². The van der Waals surface area contributed by atoms with Crippen molar-refractivity contribution in [3.63, 3.8) is 0 Å². The minimum atomic E-state index is -0.828. The maximum absolute atomic E-state index is 12.2. The van der Waals surface area contributed by atoms with Gasteiger partial charge in [0.1, 0.15) is 0 Å². The molecular weight excluding hydrogens is 362 g/mol. The molecule has 8 nitrogen and oxygen atoms in total. The number of urea groups is 1. The van der Waals surface area contributed by atoms with Crippen LogP contribution in [0.2, 0.25) is 0 Å². The number of fused-ring (bicyclic) bond motifs is 1. The summed E-state index contributed by atoms with van der Waals surface area (Å²) < 4.78 is 16.1. The second-order valence-electron chi connectivity index (χ2n) is 6.36. The van der Waals surface area contributed by atoms with E-state index >= 15 is 0 Å². The zero-order valence-corrected chi connectivity index (χ0v) is 15.4. The second-order valence-corrected chi connectivity index (χ2v) is 6.36. The number of rotatable bonds is 7. The molecule has 0 bridgehead atoms. The van der Waals surface area contributed by atoms with Gasteiger partial charge in [-0.2, -0.15) is 5.26 Å². The van der Waals surface area contributed by atoms with Gasteiger partial charge < -0.3 is 29.5 Å². The third-order valence-corrected chi connectivity index (χ3v) is 4.11. The number of amides is 2. The second kappa shape index (κ2) is 9.08. The number of carbonyl (C=O) groups is 1. The number of nitrogens with one attached hydrogen (secondary N) is 1. The van der Waals surface area contributed by atoms with Crippen molar-refractivity contribution in [3.05, 3.63) is 53.6 Å². The Balaban J connectivity index is 1.40. The van der Waals surface area contributed by atoms with E-state index in [9.17, 15) is 9.90 Å². The molecule has 0 fully saturated rings. The van der Waals surface area contributed by atoms with Crippen LogP contribution in [-0.2, 0) is 11.3 Å². The minimum Gasteiger partial charge on any atom is -0.454 e. The van der Waals surface area contributed by atoms with Crippen molar-refractivity contribution in [2.75, 3.05) is 32.3 Å². The molecule has 0 aliphatic carbocycles. The Hall–Kier alpha value is -3.28. The maximum atomic E-state index is 12.2. The van der Waals surface area contributed by atoms with Crippen LogP contribution in [0.25, 0.3) is 0 Å². The molecule has 0 aromatic heterocycles. The fourth-order valence-corrected chi connectivity index (χ4v) is 2.64. The number of ether oxygens (including phenoxy) is 3. The van der Waals surface area contributed by atoms with Gasteiger partial charge in [0.05, 0.1) is 37.5 Å². The van der Waals surface area contributed by atoms with Gasteiger partial charge in [0.15, 0.2) is 11.5 Å². The summed E-state index contributed by atoms with van der Waals surface area (Å²) in [5, 5.41) is 21.6. The molecule has 0 saturated carbocycles. The number of benzene rings is 2. The van der Waals surface area contributed by atoms with E-state index in [4.69, 9.17) is 19.5 Å². The molecule has 28 heavy (non-hydrogen) atoms. The summed E-state index contributed by atoms with van der Waals surface area (Å²) in [5.41, 5.74) is 1.99. The first-order valence-corrected chi connectivity index (χ1v) is 8.72. The molecule has 1 aliphatic heterocycles. The highest BCUT2D eigenvalue weighted by Gasteiger charge is 2.15. The van der Waals surface area contributed by atoms with E-state index in [1.54, 1.807) is 31.3 Å². The fraction of sp³-hybridized carbons (Fsp3) is 0.300. The Bertz CT molecular complexity index is 863. The molecule has 2 N–H and O–H groups in total. The standard InChI is InChI=1S/C20H21N3O5/c1-23(20(25)22-16-5-2-14(9-21)3-6-16)10-17(24)12-26-11-15-4-7-18-19(8-15)28-13-27-18/h2-8,17,24H,10-13H2,1H3,(H,22,25). The number of aliphatic hydroxyl groups is 1. The molecule has 146 valence electrons. The van der Waals surface area contributed by atoms with E-state index in [-0.39, 0.29) is 26.0 Å². The summed E-state index contributed by atoms with van der Waals surface area (Å²) in [6.07, 6.45) is -0.828. The first-order valence-electron chi connectivity index (χ1n) is 8.72. The molecule has 3 rings (SSSR count). The third kappa shape index (κ3) is 5.13. The van der Waals surface area contributed by atoms with Gasteiger partial charge in [0.2, 0.25) is 6.79 Å². The minimum absolute atomic E-state index is 0.0862. The first-order chi connectivity index (χ1) is 13.5. The Kier molecular flexibility index (Phi) is 6.32. The number of likely N-dealkylation sites (N-methyl/N-ethyl adjacent to an activating group) is 1. The Morgan fingerprint density at radius 3 is 2.79 bits per heavy atom. The average Bonchev–Trinajstić information content (AvgIpc) is 3.16. The van der Waals surface area contributed by atoms with Gasteiger partial charge >= 0.3 is 6.03 Å². The largest absolute Gasteiger partial charge is 0.454 e. The number of carbonyl (C=O) groups excluding carboxylic acids is 1. The van der Waals surface area contributed by atoms with Crippen molar-refractivity contribution in [2.24, 2.45) is 0 Å². The molecule has 0 radical (unpaired) electrons. The lowest BCUT2D eigenvalue weighted by molar-refractivity contribution is 0.0188. The molecular formula is C20H21N3O5. The number of nitrogens with zero attached hydrogens (tertiary/aromatic N) is 2. The van der Waals surface area contributed by atoms with Crippen molar-refractivity contribution in [1.29, 1.82) is 5.26 Å². The lowest BCUT2D eigenvalue weighted by Crippen LogP contribution is -2.38. The number of aliphatic hydroxyl groups excluding tert-OH is 1. The number of hydrogen-bond donors (Lipinski definition) is 2. The SMILES string of the molecule is CN(CC(O)COCc1ccc2c(c1)OCO2)C(=O)Nc1ccc(C#N)cc1. The molecule has 2 aromatic rings. The predicted octanol–water partition coefficient (Wildman–Crippen LogP) is 2.33. The van der Waals surface area contributed by atoms with Gasteiger partial charge in [0.25, 0.3) is 0 Å². The summed E-state index contributed by atoms with van der Waals surface area (Å²) in [4.78, 5) is 13.5. The summed E-state index contributed by atoms with van der Waals surface area (Å²) >= 11 is 0. The van der Waals surface area contributed by atoms with Crippen LogP contribution in [0.15, 0.2) is 42.5 Å². The highest BCUT2D eigenvalue weighted by molar-refractivity contribution is 5.89. The molecule has 1 aliphatic rings. The lowest BCUT2D eigenvalue weighted by atomic mass is 10.2. The van der Waals surface area contributed by atoms with Crippen LogP contribution in [0, 0.1) is 11.3 Å². The zero-order chi connectivity index (χ0) is 19.9. The van der Waals surface area contributed by atoms with Crippen molar-refractivity contribution in [2.45, 2.75) is 12.7 Å². The van der Waals surface area contributed by atoms with Gasteiger partial charge in [0, 0.05) is 12.7 Å². The van der Waals surface area contributed by atoms with Gasteiger partial charge in [-0.1, -0.05) is 6.07 Å². The van der Waals surface area contributed by atoms with E-state index in [0.717, 1.165) is 5.56 Å². The van der Waals surface area contributed by atoms with Crippen molar-refractivity contribution in [3.8, 4) is 17.6 Å². The number of nitriles is 1. The number of anilines is 1. The Morgan fingerprint density at radius 1 is 1.29 bits per heavy atom.